The first kappa shape index (κ1) is 18.8. The van der Waals surface area contributed by atoms with Gasteiger partial charge in [0.2, 0.25) is 5.91 Å². The third kappa shape index (κ3) is 4.30. The summed E-state index contributed by atoms with van der Waals surface area (Å²) < 4.78 is 5.23. The van der Waals surface area contributed by atoms with Gasteiger partial charge in [-0.3, -0.25) is 9.69 Å². The van der Waals surface area contributed by atoms with E-state index in [1.807, 2.05) is 12.1 Å². The molecule has 5 nitrogen and oxygen atoms in total. The van der Waals surface area contributed by atoms with E-state index in [1.165, 1.54) is 16.8 Å². The van der Waals surface area contributed by atoms with E-state index in [0.717, 1.165) is 51.2 Å². The summed E-state index contributed by atoms with van der Waals surface area (Å²) >= 11 is 0. The summed E-state index contributed by atoms with van der Waals surface area (Å²) in [6.07, 6.45) is 3.30. The van der Waals surface area contributed by atoms with Gasteiger partial charge in [0.1, 0.15) is 5.75 Å². The lowest BCUT2D eigenvalue weighted by Crippen LogP contribution is -2.50. The Balaban J connectivity index is 1.27. The molecule has 0 radical (unpaired) electrons. The van der Waals surface area contributed by atoms with Crippen molar-refractivity contribution in [2.24, 2.45) is 0 Å². The number of nitrogens with one attached hydrogen (secondary N) is 1. The van der Waals surface area contributed by atoms with Crippen molar-refractivity contribution in [1.82, 2.24) is 10.2 Å². The highest BCUT2D eigenvalue weighted by Crippen LogP contribution is 2.29. The number of aryl methyl sites for hydroxylation is 1. The van der Waals surface area contributed by atoms with Crippen molar-refractivity contribution in [3.63, 3.8) is 0 Å². The number of fused-ring (bicyclic) bond motifs is 1. The second kappa shape index (κ2) is 8.65. The SMILES string of the molecule is COc1ccc(N2CCN(CC(=O)N[C@@H]3CCCc4ccccc43)CC2)cc1. The highest BCUT2D eigenvalue weighted by atomic mass is 16.5. The number of amides is 1. The van der Waals surface area contributed by atoms with E-state index in [1.54, 1.807) is 7.11 Å². The Labute approximate surface area is 167 Å². The monoisotopic (exact) mass is 379 g/mol. The van der Waals surface area contributed by atoms with Crippen LogP contribution in [0, 0.1) is 0 Å². The van der Waals surface area contributed by atoms with E-state index in [0.29, 0.717) is 6.54 Å². The van der Waals surface area contributed by atoms with Crippen molar-refractivity contribution in [2.75, 3.05) is 44.7 Å². The number of piperazine rings is 1. The third-order valence-corrected chi connectivity index (χ3v) is 5.88. The Morgan fingerprint density at radius 2 is 1.82 bits per heavy atom. The first-order chi connectivity index (χ1) is 13.7. The van der Waals surface area contributed by atoms with Crippen LogP contribution in [-0.4, -0.2) is 50.6 Å². The molecule has 2 aromatic rings. The minimum absolute atomic E-state index is 0.139. The Hall–Kier alpha value is -2.53. The Kier molecular flexibility index (Phi) is 5.81. The summed E-state index contributed by atoms with van der Waals surface area (Å²) in [4.78, 5) is 17.3. The maximum Gasteiger partial charge on any atom is 0.234 e. The summed E-state index contributed by atoms with van der Waals surface area (Å²) in [5, 5.41) is 3.27. The number of ether oxygens (including phenoxy) is 1. The molecule has 2 aromatic carbocycles. The van der Waals surface area contributed by atoms with Crippen LogP contribution in [0.15, 0.2) is 48.5 Å². The lowest BCUT2D eigenvalue weighted by molar-refractivity contribution is -0.123. The molecule has 0 unspecified atom stereocenters. The molecular formula is C23H29N3O2. The molecule has 2 aliphatic rings. The highest BCUT2D eigenvalue weighted by molar-refractivity contribution is 5.78. The summed E-state index contributed by atoms with van der Waals surface area (Å²) in [6.45, 7) is 4.16. The molecule has 0 saturated carbocycles. The number of hydrogen-bond donors (Lipinski definition) is 1. The molecule has 28 heavy (non-hydrogen) atoms. The lowest BCUT2D eigenvalue weighted by atomic mass is 9.88. The van der Waals surface area contributed by atoms with Crippen LogP contribution in [0.4, 0.5) is 5.69 Å². The maximum absolute atomic E-state index is 12.6. The van der Waals surface area contributed by atoms with Gasteiger partial charge >= 0.3 is 0 Å². The van der Waals surface area contributed by atoms with Gasteiger partial charge in [0, 0.05) is 31.9 Å². The summed E-state index contributed by atoms with van der Waals surface area (Å²) in [5.74, 6) is 1.02. The normalized spacial score (nSPS) is 19.8. The van der Waals surface area contributed by atoms with Crippen LogP contribution < -0.4 is 15.0 Å². The van der Waals surface area contributed by atoms with Crippen LogP contribution in [0.1, 0.15) is 30.0 Å². The topological polar surface area (TPSA) is 44.8 Å². The van der Waals surface area contributed by atoms with Gasteiger partial charge in [0.15, 0.2) is 0 Å². The largest absolute Gasteiger partial charge is 0.497 e. The molecule has 1 N–H and O–H groups in total. The van der Waals surface area contributed by atoms with E-state index in [-0.39, 0.29) is 11.9 Å². The molecule has 148 valence electrons. The van der Waals surface area contributed by atoms with E-state index in [9.17, 15) is 4.79 Å². The fraction of sp³-hybridized carbons (Fsp3) is 0.435. The zero-order valence-electron chi connectivity index (χ0n) is 16.6. The van der Waals surface area contributed by atoms with Crippen LogP contribution in [-0.2, 0) is 11.2 Å². The van der Waals surface area contributed by atoms with E-state index < -0.39 is 0 Å². The van der Waals surface area contributed by atoms with Crippen LogP contribution >= 0.6 is 0 Å². The predicted molar refractivity (Wildman–Crippen MR) is 112 cm³/mol. The van der Waals surface area contributed by atoms with Crippen molar-refractivity contribution < 1.29 is 9.53 Å². The van der Waals surface area contributed by atoms with Crippen molar-refractivity contribution in [1.29, 1.82) is 0 Å². The minimum Gasteiger partial charge on any atom is -0.497 e. The average Bonchev–Trinajstić information content (AvgIpc) is 2.75. The number of anilines is 1. The predicted octanol–water partition coefficient (Wildman–Crippen LogP) is 3.01. The van der Waals surface area contributed by atoms with Gasteiger partial charge in [0.05, 0.1) is 19.7 Å². The highest BCUT2D eigenvalue weighted by Gasteiger charge is 2.24. The van der Waals surface area contributed by atoms with E-state index in [2.05, 4.69) is 51.5 Å². The van der Waals surface area contributed by atoms with Gasteiger partial charge in [-0.05, 0) is 54.7 Å². The van der Waals surface area contributed by atoms with Crippen molar-refractivity contribution >= 4 is 11.6 Å². The molecule has 4 rings (SSSR count). The lowest BCUT2D eigenvalue weighted by Gasteiger charge is -2.36. The average molecular weight is 380 g/mol. The quantitative estimate of drug-likeness (QED) is 0.867. The second-order valence-electron chi connectivity index (χ2n) is 7.67. The Morgan fingerprint density at radius 1 is 1.07 bits per heavy atom. The zero-order valence-corrected chi connectivity index (χ0v) is 16.6. The van der Waals surface area contributed by atoms with Gasteiger partial charge in [0.25, 0.3) is 0 Å². The first-order valence-electron chi connectivity index (χ1n) is 10.2. The van der Waals surface area contributed by atoms with E-state index in [4.69, 9.17) is 4.74 Å². The zero-order chi connectivity index (χ0) is 19.3. The first-order valence-corrected chi connectivity index (χ1v) is 10.2. The fourth-order valence-electron chi connectivity index (χ4n) is 4.30. The molecule has 1 saturated heterocycles. The fourth-order valence-corrected chi connectivity index (χ4v) is 4.30. The van der Waals surface area contributed by atoms with Gasteiger partial charge < -0.3 is 15.0 Å². The maximum atomic E-state index is 12.6. The number of carbonyl (C=O) groups is 1. The molecule has 1 fully saturated rings. The van der Waals surface area contributed by atoms with Crippen molar-refractivity contribution in [2.45, 2.75) is 25.3 Å². The third-order valence-electron chi connectivity index (χ3n) is 5.88. The molecule has 5 heteroatoms. The number of benzene rings is 2. The van der Waals surface area contributed by atoms with Gasteiger partial charge in [-0.15, -0.1) is 0 Å². The molecule has 1 aliphatic heterocycles. The number of methoxy groups -OCH3 is 1. The minimum atomic E-state index is 0.139. The summed E-state index contributed by atoms with van der Waals surface area (Å²) in [6, 6.07) is 16.9. The number of carbonyl (C=O) groups excluding carboxylic acids is 1. The molecule has 1 aliphatic carbocycles. The molecule has 1 atom stereocenters. The van der Waals surface area contributed by atoms with Crippen molar-refractivity contribution in [3.05, 3.63) is 59.7 Å². The molecule has 0 bridgehead atoms. The standard InChI is InChI=1S/C23H29N3O2/c1-28-20-11-9-19(10-12-20)26-15-13-25(14-16-26)17-23(27)24-22-8-4-6-18-5-2-3-7-21(18)22/h2-3,5,7,9-12,22H,4,6,8,13-17H2,1H3,(H,24,27)/t22-/m1/s1. The van der Waals surface area contributed by atoms with Gasteiger partial charge in [-0.25, -0.2) is 0 Å². The second-order valence-corrected chi connectivity index (χ2v) is 7.67. The van der Waals surface area contributed by atoms with Gasteiger partial charge in [-0.1, -0.05) is 24.3 Å². The smallest absolute Gasteiger partial charge is 0.234 e. The van der Waals surface area contributed by atoms with Crippen LogP contribution in [0.2, 0.25) is 0 Å². The number of nitrogens with zero attached hydrogens (tertiary/aromatic N) is 2. The summed E-state index contributed by atoms with van der Waals surface area (Å²) in [7, 11) is 1.69. The summed E-state index contributed by atoms with van der Waals surface area (Å²) in [5.41, 5.74) is 3.89. The number of hydrogen-bond acceptors (Lipinski definition) is 4. The Bertz CT molecular complexity index is 798. The van der Waals surface area contributed by atoms with Crippen LogP contribution in [0.25, 0.3) is 0 Å². The van der Waals surface area contributed by atoms with Crippen molar-refractivity contribution in [3.8, 4) is 5.75 Å². The van der Waals surface area contributed by atoms with Gasteiger partial charge in [-0.2, -0.15) is 0 Å². The molecular weight excluding hydrogens is 350 g/mol. The number of rotatable bonds is 5. The Morgan fingerprint density at radius 3 is 2.57 bits per heavy atom. The van der Waals surface area contributed by atoms with E-state index >= 15 is 0 Å². The van der Waals surface area contributed by atoms with Crippen LogP contribution in [0.5, 0.6) is 5.75 Å². The molecule has 0 aromatic heterocycles. The molecule has 1 amide bonds. The molecule has 1 heterocycles. The molecule has 0 spiro atoms. The van der Waals surface area contributed by atoms with Crippen LogP contribution in [0.3, 0.4) is 0 Å².